The van der Waals surface area contributed by atoms with Crippen LogP contribution in [0.5, 0.6) is 5.75 Å². The van der Waals surface area contributed by atoms with Gasteiger partial charge in [-0.05, 0) is 44.5 Å². The van der Waals surface area contributed by atoms with Crippen molar-refractivity contribution in [1.82, 2.24) is 4.98 Å². The van der Waals surface area contributed by atoms with Crippen molar-refractivity contribution in [3.63, 3.8) is 0 Å². The Labute approximate surface area is 130 Å². The lowest BCUT2D eigenvalue weighted by molar-refractivity contribution is 0.0993. The van der Waals surface area contributed by atoms with Gasteiger partial charge in [0.2, 0.25) is 0 Å². The van der Waals surface area contributed by atoms with Crippen LogP contribution in [0.15, 0.2) is 24.3 Å². The molecular formula is C17H21NO2S. The highest BCUT2D eigenvalue weighted by atomic mass is 32.1. The van der Waals surface area contributed by atoms with Crippen molar-refractivity contribution >= 4 is 17.1 Å². The van der Waals surface area contributed by atoms with E-state index < -0.39 is 0 Å². The minimum absolute atomic E-state index is 0.101. The summed E-state index contributed by atoms with van der Waals surface area (Å²) < 4.78 is 5.60. The van der Waals surface area contributed by atoms with Crippen molar-refractivity contribution in [2.45, 2.75) is 40.0 Å². The molecule has 112 valence electrons. The number of thiazole rings is 1. The number of hydrogen-bond donors (Lipinski definition) is 0. The summed E-state index contributed by atoms with van der Waals surface area (Å²) >= 11 is 1.60. The second kappa shape index (κ2) is 7.36. The van der Waals surface area contributed by atoms with Crippen molar-refractivity contribution in [3.8, 4) is 5.75 Å². The lowest BCUT2D eigenvalue weighted by Gasteiger charge is -2.05. The molecule has 0 saturated heterocycles. The zero-order chi connectivity index (χ0) is 15.2. The number of unbranched alkanes of at least 4 members (excludes halogenated alkanes) is 1. The van der Waals surface area contributed by atoms with Gasteiger partial charge in [-0.2, -0.15) is 0 Å². The molecule has 0 radical (unpaired) electrons. The number of rotatable bonds is 7. The molecular weight excluding hydrogens is 282 g/mol. The fraction of sp³-hybridized carbons (Fsp3) is 0.412. The highest BCUT2D eigenvalue weighted by molar-refractivity contribution is 7.11. The second-order valence-corrected chi connectivity index (χ2v) is 6.36. The number of carbonyl (C=O) groups is 1. The minimum atomic E-state index is 0.101. The summed E-state index contributed by atoms with van der Waals surface area (Å²) in [5.41, 5.74) is 1.73. The van der Waals surface area contributed by atoms with E-state index in [0.717, 1.165) is 35.9 Å². The minimum Gasteiger partial charge on any atom is -0.494 e. The SMILES string of the molecule is CCCCOc1ccc(C(=O)Cc2nc(C)c(C)s2)cc1. The Kier molecular flexibility index (Phi) is 5.51. The van der Waals surface area contributed by atoms with Crippen LogP contribution in [0.2, 0.25) is 0 Å². The van der Waals surface area contributed by atoms with Crippen LogP contribution in [-0.4, -0.2) is 17.4 Å². The first-order valence-electron chi connectivity index (χ1n) is 7.29. The van der Waals surface area contributed by atoms with Crippen LogP contribution in [0.4, 0.5) is 0 Å². The summed E-state index contributed by atoms with van der Waals surface area (Å²) in [7, 11) is 0. The predicted octanol–water partition coefficient (Wildman–Crippen LogP) is 4.36. The Morgan fingerprint density at radius 2 is 1.95 bits per heavy atom. The summed E-state index contributed by atoms with van der Waals surface area (Å²) in [5, 5.41) is 0.887. The fourth-order valence-electron chi connectivity index (χ4n) is 1.93. The maximum Gasteiger partial charge on any atom is 0.169 e. The molecule has 2 aromatic rings. The van der Waals surface area contributed by atoms with Crippen molar-refractivity contribution in [3.05, 3.63) is 45.4 Å². The lowest BCUT2D eigenvalue weighted by atomic mass is 10.1. The van der Waals surface area contributed by atoms with Gasteiger partial charge in [-0.15, -0.1) is 11.3 Å². The molecule has 0 unspecified atom stereocenters. The van der Waals surface area contributed by atoms with Crippen LogP contribution >= 0.6 is 11.3 Å². The van der Waals surface area contributed by atoms with Crippen LogP contribution in [-0.2, 0) is 6.42 Å². The Morgan fingerprint density at radius 1 is 1.24 bits per heavy atom. The van der Waals surface area contributed by atoms with Crippen LogP contribution in [0.1, 0.15) is 45.7 Å². The Morgan fingerprint density at radius 3 is 2.52 bits per heavy atom. The van der Waals surface area contributed by atoms with E-state index in [4.69, 9.17) is 4.74 Å². The second-order valence-electron chi connectivity index (χ2n) is 5.08. The standard InChI is InChI=1S/C17H21NO2S/c1-4-5-10-20-15-8-6-14(7-9-15)16(19)11-17-18-12(2)13(3)21-17/h6-9H,4-5,10-11H2,1-3H3. The molecule has 1 aromatic heterocycles. The van der Waals surface area contributed by atoms with E-state index in [9.17, 15) is 4.79 Å². The van der Waals surface area contributed by atoms with Crippen molar-refractivity contribution in [2.24, 2.45) is 0 Å². The molecule has 0 spiro atoms. The van der Waals surface area contributed by atoms with Crippen molar-refractivity contribution in [2.75, 3.05) is 6.61 Å². The van der Waals surface area contributed by atoms with E-state index >= 15 is 0 Å². The molecule has 0 amide bonds. The number of hydrogen-bond acceptors (Lipinski definition) is 4. The molecule has 2 rings (SSSR count). The number of ether oxygens (including phenoxy) is 1. The van der Waals surface area contributed by atoms with E-state index in [2.05, 4.69) is 11.9 Å². The summed E-state index contributed by atoms with van der Waals surface area (Å²) in [4.78, 5) is 17.8. The van der Waals surface area contributed by atoms with Gasteiger partial charge in [0, 0.05) is 10.4 Å². The third kappa shape index (κ3) is 4.39. The summed E-state index contributed by atoms with van der Waals surface area (Å²) in [5.74, 6) is 0.921. The number of aryl methyl sites for hydroxylation is 2. The Balaban J connectivity index is 1.96. The molecule has 1 heterocycles. The van der Waals surface area contributed by atoms with Gasteiger partial charge in [-0.3, -0.25) is 4.79 Å². The summed E-state index contributed by atoms with van der Waals surface area (Å²) in [6.45, 7) is 6.86. The number of benzene rings is 1. The summed E-state index contributed by atoms with van der Waals surface area (Å²) in [6.07, 6.45) is 2.53. The maximum absolute atomic E-state index is 12.2. The average molecular weight is 303 g/mol. The first-order chi connectivity index (χ1) is 10.1. The zero-order valence-corrected chi connectivity index (χ0v) is 13.6. The molecule has 0 bridgehead atoms. The van der Waals surface area contributed by atoms with E-state index in [0.29, 0.717) is 12.0 Å². The molecule has 3 nitrogen and oxygen atoms in total. The van der Waals surface area contributed by atoms with Gasteiger partial charge in [-0.25, -0.2) is 4.98 Å². The molecule has 21 heavy (non-hydrogen) atoms. The third-order valence-corrected chi connectivity index (χ3v) is 4.40. The van der Waals surface area contributed by atoms with Gasteiger partial charge in [0.25, 0.3) is 0 Å². The highest BCUT2D eigenvalue weighted by Gasteiger charge is 2.11. The molecule has 0 aliphatic carbocycles. The van der Waals surface area contributed by atoms with Crippen LogP contribution in [0.3, 0.4) is 0 Å². The van der Waals surface area contributed by atoms with E-state index in [1.54, 1.807) is 11.3 Å². The van der Waals surface area contributed by atoms with Crippen LogP contribution in [0, 0.1) is 13.8 Å². The van der Waals surface area contributed by atoms with Gasteiger partial charge in [0.1, 0.15) is 10.8 Å². The molecule has 0 atom stereocenters. The zero-order valence-electron chi connectivity index (χ0n) is 12.8. The topological polar surface area (TPSA) is 39.2 Å². The molecule has 0 saturated carbocycles. The lowest BCUT2D eigenvalue weighted by Crippen LogP contribution is -2.03. The summed E-state index contributed by atoms with van der Waals surface area (Å²) in [6, 6.07) is 7.39. The van der Waals surface area contributed by atoms with E-state index in [1.807, 2.05) is 38.1 Å². The van der Waals surface area contributed by atoms with Crippen LogP contribution in [0.25, 0.3) is 0 Å². The van der Waals surface area contributed by atoms with Gasteiger partial charge >= 0.3 is 0 Å². The molecule has 0 N–H and O–H groups in total. The van der Waals surface area contributed by atoms with Gasteiger partial charge < -0.3 is 4.74 Å². The number of carbonyl (C=O) groups excluding carboxylic acids is 1. The van der Waals surface area contributed by atoms with Gasteiger partial charge in [0.15, 0.2) is 5.78 Å². The molecule has 0 aliphatic heterocycles. The molecule has 0 aliphatic rings. The van der Waals surface area contributed by atoms with Gasteiger partial charge in [-0.1, -0.05) is 13.3 Å². The number of Topliss-reactive ketones (excluding diaryl/α,β-unsaturated/α-hetero) is 1. The monoisotopic (exact) mass is 303 g/mol. The van der Waals surface area contributed by atoms with Crippen molar-refractivity contribution in [1.29, 1.82) is 0 Å². The third-order valence-electron chi connectivity index (χ3n) is 3.33. The van der Waals surface area contributed by atoms with Crippen molar-refractivity contribution < 1.29 is 9.53 Å². The number of aromatic nitrogens is 1. The largest absolute Gasteiger partial charge is 0.494 e. The average Bonchev–Trinajstić information content (AvgIpc) is 2.78. The number of ketones is 1. The highest BCUT2D eigenvalue weighted by Crippen LogP contribution is 2.19. The van der Waals surface area contributed by atoms with Crippen LogP contribution < -0.4 is 4.74 Å². The Bertz CT molecular complexity index is 582. The first kappa shape index (κ1) is 15.7. The predicted molar refractivity (Wildman–Crippen MR) is 86.5 cm³/mol. The molecule has 0 fully saturated rings. The fourth-order valence-corrected chi connectivity index (χ4v) is 2.86. The smallest absolute Gasteiger partial charge is 0.169 e. The Hall–Kier alpha value is -1.68. The first-order valence-corrected chi connectivity index (χ1v) is 8.10. The quantitative estimate of drug-likeness (QED) is 0.563. The molecule has 4 heteroatoms. The molecule has 1 aromatic carbocycles. The van der Waals surface area contributed by atoms with E-state index in [-0.39, 0.29) is 5.78 Å². The van der Waals surface area contributed by atoms with Gasteiger partial charge in [0.05, 0.1) is 18.7 Å². The van der Waals surface area contributed by atoms with E-state index in [1.165, 1.54) is 4.88 Å². The normalized spacial score (nSPS) is 10.6. The maximum atomic E-state index is 12.2. The number of nitrogens with zero attached hydrogens (tertiary/aromatic N) is 1.